The van der Waals surface area contributed by atoms with E-state index in [1.165, 1.54) is 0 Å². The number of aromatic hydroxyl groups is 1. The molecule has 0 saturated carbocycles. The van der Waals surface area contributed by atoms with Gasteiger partial charge in [0.2, 0.25) is 5.88 Å². The van der Waals surface area contributed by atoms with Crippen molar-refractivity contribution in [3.05, 3.63) is 103 Å². The molecule has 0 unspecified atom stereocenters. The Morgan fingerprint density at radius 3 is 2.17 bits per heavy atom. The van der Waals surface area contributed by atoms with E-state index < -0.39 is 0 Å². The fraction of sp³-hybridized carbons (Fsp3) is 0.0417. The van der Waals surface area contributed by atoms with Crippen LogP contribution < -0.4 is 0 Å². The smallest absolute Gasteiger partial charge is 0.219 e. The molecule has 3 heterocycles. The molecule has 2 aromatic carbocycles. The number of rotatable bonds is 4. The van der Waals surface area contributed by atoms with Crippen LogP contribution in [0.5, 0.6) is 5.88 Å². The molecule has 0 atom stereocenters. The van der Waals surface area contributed by atoms with E-state index in [0.29, 0.717) is 17.8 Å². The van der Waals surface area contributed by atoms with Crippen molar-refractivity contribution in [1.29, 1.82) is 0 Å². The quantitative estimate of drug-likeness (QED) is 0.490. The molecule has 0 aliphatic rings. The van der Waals surface area contributed by atoms with Crippen molar-refractivity contribution in [1.82, 2.24) is 19.4 Å². The van der Waals surface area contributed by atoms with Gasteiger partial charge in [0.1, 0.15) is 11.4 Å². The Hall–Kier alpha value is -3.99. The van der Waals surface area contributed by atoms with E-state index in [0.717, 1.165) is 28.1 Å². The first-order chi connectivity index (χ1) is 14.3. The summed E-state index contributed by atoms with van der Waals surface area (Å²) in [6.45, 7) is 0. The van der Waals surface area contributed by atoms with Crippen molar-refractivity contribution in [2.45, 2.75) is 6.42 Å². The van der Waals surface area contributed by atoms with Crippen LogP contribution in [-0.2, 0) is 6.42 Å². The van der Waals surface area contributed by atoms with Gasteiger partial charge < -0.3 is 5.11 Å². The molecule has 5 rings (SSSR count). The highest BCUT2D eigenvalue weighted by Gasteiger charge is 2.18. The van der Waals surface area contributed by atoms with E-state index in [9.17, 15) is 5.11 Å². The predicted molar refractivity (Wildman–Crippen MR) is 113 cm³/mol. The maximum Gasteiger partial charge on any atom is 0.219 e. The van der Waals surface area contributed by atoms with E-state index in [2.05, 4.69) is 4.98 Å². The minimum Gasteiger partial charge on any atom is -0.493 e. The second-order valence-corrected chi connectivity index (χ2v) is 6.81. The lowest BCUT2D eigenvalue weighted by atomic mass is 10.1. The molecule has 0 spiro atoms. The molecular formula is C24H18N4O. The predicted octanol–water partition coefficient (Wildman–Crippen LogP) is 4.75. The molecule has 0 bridgehead atoms. The molecule has 0 aliphatic heterocycles. The molecular weight excluding hydrogens is 360 g/mol. The third-order valence-corrected chi connectivity index (χ3v) is 4.89. The molecule has 0 aliphatic carbocycles. The third kappa shape index (κ3) is 3.23. The van der Waals surface area contributed by atoms with Gasteiger partial charge in [0.05, 0.1) is 5.69 Å². The highest BCUT2D eigenvalue weighted by Crippen LogP contribution is 2.31. The minimum atomic E-state index is 0.138. The molecule has 5 aromatic rings. The summed E-state index contributed by atoms with van der Waals surface area (Å²) in [5.74, 6) is 0.138. The zero-order valence-corrected chi connectivity index (χ0v) is 15.6. The second kappa shape index (κ2) is 7.20. The van der Waals surface area contributed by atoms with Crippen LogP contribution >= 0.6 is 0 Å². The van der Waals surface area contributed by atoms with Gasteiger partial charge in [-0.2, -0.15) is 0 Å². The highest BCUT2D eigenvalue weighted by molar-refractivity contribution is 5.77. The van der Waals surface area contributed by atoms with Gasteiger partial charge in [-0.1, -0.05) is 60.7 Å². The summed E-state index contributed by atoms with van der Waals surface area (Å²) >= 11 is 0. The summed E-state index contributed by atoms with van der Waals surface area (Å²) in [5.41, 5.74) is 5.71. The summed E-state index contributed by atoms with van der Waals surface area (Å²) in [7, 11) is 0. The van der Waals surface area contributed by atoms with Gasteiger partial charge in [-0.15, -0.1) is 0 Å². The van der Waals surface area contributed by atoms with Gasteiger partial charge >= 0.3 is 0 Å². The topological polar surface area (TPSA) is 63.3 Å². The lowest BCUT2D eigenvalue weighted by Crippen LogP contribution is -1.96. The number of pyridine rings is 1. The van der Waals surface area contributed by atoms with Crippen LogP contribution in [0.3, 0.4) is 0 Å². The molecule has 140 valence electrons. The molecule has 1 N–H and O–H groups in total. The Labute approximate surface area is 168 Å². The molecule has 0 amide bonds. The van der Waals surface area contributed by atoms with Crippen molar-refractivity contribution >= 4 is 5.65 Å². The van der Waals surface area contributed by atoms with E-state index in [4.69, 9.17) is 9.97 Å². The SMILES string of the molecule is Oc1c(Cc2ccccc2)nc2c(-c3ccccc3)nc(-c3ccncc3)cn12. The number of imidazole rings is 1. The lowest BCUT2D eigenvalue weighted by Gasteiger charge is -2.08. The number of fused-ring (bicyclic) bond motifs is 1. The number of benzene rings is 2. The Bertz CT molecular complexity index is 1270. The molecule has 0 radical (unpaired) electrons. The molecule has 5 nitrogen and oxygen atoms in total. The first-order valence-corrected chi connectivity index (χ1v) is 9.40. The monoisotopic (exact) mass is 378 g/mol. The molecule has 3 aromatic heterocycles. The van der Waals surface area contributed by atoms with Crippen molar-refractivity contribution < 1.29 is 5.11 Å². The third-order valence-electron chi connectivity index (χ3n) is 4.89. The molecule has 0 fully saturated rings. The van der Waals surface area contributed by atoms with E-state index in [1.807, 2.05) is 79.0 Å². The first-order valence-electron chi connectivity index (χ1n) is 9.40. The largest absolute Gasteiger partial charge is 0.493 e. The Kier molecular flexibility index (Phi) is 4.26. The van der Waals surface area contributed by atoms with E-state index >= 15 is 0 Å². The van der Waals surface area contributed by atoms with Crippen molar-refractivity contribution in [2.24, 2.45) is 0 Å². The van der Waals surface area contributed by atoms with Crippen LogP contribution in [0.1, 0.15) is 11.3 Å². The van der Waals surface area contributed by atoms with Crippen LogP contribution in [0.2, 0.25) is 0 Å². The molecule has 0 saturated heterocycles. The zero-order valence-electron chi connectivity index (χ0n) is 15.6. The zero-order chi connectivity index (χ0) is 19.6. The molecule has 5 heteroatoms. The highest BCUT2D eigenvalue weighted by atomic mass is 16.3. The summed E-state index contributed by atoms with van der Waals surface area (Å²) in [5, 5.41) is 11.0. The molecule has 29 heavy (non-hydrogen) atoms. The average molecular weight is 378 g/mol. The standard InChI is InChI=1S/C24H18N4O/c29-24-20(15-17-7-3-1-4-8-17)27-23-22(19-9-5-2-6-10-19)26-21(16-28(23)24)18-11-13-25-14-12-18/h1-14,16,29H,15H2. The summed E-state index contributed by atoms with van der Waals surface area (Å²) in [4.78, 5) is 13.7. The van der Waals surface area contributed by atoms with Crippen LogP contribution in [0, 0.1) is 0 Å². The van der Waals surface area contributed by atoms with Crippen molar-refractivity contribution in [3.63, 3.8) is 0 Å². The van der Waals surface area contributed by atoms with Crippen molar-refractivity contribution in [3.8, 4) is 28.4 Å². The summed E-state index contributed by atoms with van der Waals surface area (Å²) in [6, 6.07) is 23.7. The minimum absolute atomic E-state index is 0.138. The van der Waals surface area contributed by atoms with Crippen LogP contribution in [0.4, 0.5) is 0 Å². The fourth-order valence-electron chi connectivity index (χ4n) is 3.44. The Morgan fingerprint density at radius 2 is 1.45 bits per heavy atom. The average Bonchev–Trinajstić information content (AvgIpc) is 3.10. The van der Waals surface area contributed by atoms with E-state index in [1.54, 1.807) is 16.8 Å². The first kappa shape index (κ1) is 17.1. The van der Waals surface area contributed by atoms with Gasteiger partial charge in [-0.3, -0.25) is 9.38 Å². The number of hydrogen-bond donors (Lipinski definition) is 1. The number of hydrogen-bond acceptors (Lipinski definition) is 4. The maximum absolute atomic E-state index is 11.0. The van der Waals surface area contributed by atoms with Gasteiger partial charge in [0, 0.05) is 36.1 Å². The maximum atomic E-state index is 11.0. The second-order valence-electron chi connectivity index (χ2n) is 6.81. The van der Waals surface area contributed by atoms with Crippen molar-refractivity contribution in [2.75, 3.05) is 0 Å². The summed E-state index contributed by atoms with van der Waals surface area (Å²) < 4.78 is 1.73. The fourth-order valence-corrected chi connectivity index (χ4v) is 3.44. The van der Waals surface area contributed by atoms with E-state index in [-0.39, 0.29) is 5.88 Å². The Balaban J connectivity index is 1.73. The summed E-state index contributed by atoms with van der Waals surface area (Å²) in [6.07, 6.45) is 5.84. The lowest BCUT2D eigenvalue weighted by molar-refractivity contribution is 0.442. The van der Waals surface area contributed by atoms with Crippen LogP contribution in [0.25, 0.3) is 28.2 Å². The normalized spacial score (nSPS) is 11.0. The van der Waals surface area contributed by atoms with Gasteiger partial charge in [0.15, 0.2) is 5.65 Å². The Morgan fingerprint density at radius 1 is 0.759 bits per heavy atom. The van der Waals surface area contributed by atoms with Gasteiger partial charge in [-0.05, 0) is 17.7 Å². The number of nitrogens with zero attached hydrogens (tertiary/aromatic N) is 4. The van der Waals surface area contributed by atoms with Crippen LogP contribution in [0.15, 0.2) is 91.4 Å². The van der Waals surface area contributed by atoms with Gasteiger partial charge in [-0.25, -0.2) is 9.97 Å². The van der Waals surface area contributed by atoms with Crippen LogP contribution in [-0.4, -0.2) is 24.5 Å². The van der Waals surface area contributed by atoms with Gasteiger partial charge in [0.25, 0.3) is 0 Å². The number of aromatic nitrogens is 4.